The van der Waals surface area contributed by atoms with Crippen molar-refractivity contribution in [1.82, 2.24) is 4.90 Å². The number of rotatable bonds is 6. The molecular formula is C26H25FN2O3. The number of nitrogens with one attached hydrogen (secondary N) is 1. The van der Waals surface area contributed by atoms with Gasteiger partial charge in [0.15, 0.2) is 5.78 Å². The molecule has 0 atom stereocenters. The van der Waals surface area contributed by atoms with Crippen molar-refractivity contribution in [3.63, 3.8) is 0 Å². The lowest BCUT2D eigenvalue weighted by atomic mass is 9.97. The molecule has 0 unspecified atom stereocenters. The van der Waals surface area contributed by atoms with Crippen LogP contribution in [0.2, 0.25) is 0 Å². The summed E-state index contributed by atoms with van der Waals surface area (Å²) >= 11 is 0. The van der Waals surface area contributed by atoms with Gasteiger partial charge in [-0.3, -0.25) is 14.4 Å². The molecule has 0 aliphatic rings. The average Bonchev–Trinajstić information content (AvgIpc) is 2.75. The number of likely N-dealkylation sites (N-methyl/N-ethyl adjacent to an activating group) is 1. The number of anilines is 1. The van der Waals surface area contributed by atoms with Crippen LogP contribution in [-0.2, 0) is 4.79 Å². The molecule has 0 aliphatic heterocycles. The van der Waals surface area contributed by atoms with Crippen LogP contribution in [0.4, 0.5) is 10.1 Å². The molecule has 164 valence electrons. The molecule has 2 amide bonds. The zero-order chi connectivity index (χ0) is 23.4. The van der Waals surface area contributed by atoms with Gasteiger partial charge in [-0.05, 0) is 62.2 Å². The first-order chi connectivity index (χ1) is 15.2. The number of benzene rings is 3. The molecule has 0 aromatic heterocycles. The molecule has 0 saturated carbocycles. The summed E-state index contributed by atoms with van der Waals surface area (Å²) in [4.78, 5) is 39.8. The van der Waals surface area contributed by atoms with Gasteiger partial charge in [-0.15, -0.1) is 0 Å². The third kappa shape index (κ3) is 5.09. The topological polar surface area (TPSA) is 66.5 Å². The fourth-order valence-corrected chi connectivity index (χ4v) is 3.67. The molecule has 0 heterocycles. The van der Waals surface area contributed by atoms with Gasteiger partial charge in [0, 0.05) is 23.9 Å². The first-order valence-electron chi connectivity index (χ1n) is 10.2. The lowest BCUT2D eigenvalue weighted by Crippen LogP contribution is -2.35. The summed E-state index contributed by atoms with van der Waals surface area (Å²) < 4.78 is 13.2. The van der Waals surface area contributed by atoms with Gasteiger partial charge in [-0.2, -0.15) is 0 Å². The molecular weight excluding hydrogens is 407 g/mol. The second-order valence-electron chi connectivity index (χ2n) is 7.86. The number of ketones is 1. The fourth-order valence-electron chi connectivity index (χ4n) is 3.67. The van der Waals surface area contributed by atoms with Gasteiger partial charge in [0.25, 0.3) is 5.91 Å². The SMILES string of the molecule is Cc1cc(C)c(NC(=O)CN(C)C(=O)c2ccccc2C(=O)c2ccc(F)cc2)c(C)c1. The number of carbonyl (C=O) groups is 3. The van der Waals surface area contributed by atoms with Crippen LogP contribution < -0.4 is 5.32 Å². The Hall–Kier alpha value is -3.80. The molecule has 0 saturated heterocycles. The molecule has 0 fully saturated rings. The van der Waals surface area contributed by atoms with Gasteiger partial charge in [0.1, 0.15) is 5.82 Å². The first kappa shape index (κ1) is 22.9. The van der Waals surface area contributed by atoms with Crippen LogP contribution in [0.25, 0.3) is 0 Å². The summed E-state index contributed by atoms with van der Waals surface area (Å²) in [6, 6.07) is 15.5. The normalized spacial score (nSPS) is 10.5. The van der Waals surface area contributed by atoms with Crippen LogP contribution in [0.5, 0.6) is 0 Å². The molecule has 0 bridgehead atoms. The van der Waals surface area contributed by atoms with E-state index < -0.39 is 17.5 Å². The van der Waals surface area contributed by atoms with Crippen molar-refractivity contribution in [1.29, 1.82) is 0 Å². The number of hydrogen-bond donors (Lipinski definition) is 1. The van der Waals surface area contributed by atoms with Crippen molar-refractivity contribution in [2.75, 3.05) is 18.9 Å². The number of carbonyl (C=O) groups excluding carboxylic acids is 3. The second kappa shape index (κ2) is 9.56. The minimum absolute atomic E-state index is 0.176. The molecule has 3 aromatic rings. The number of halogens is 1. The van der Waals surface area contributed by atoms with Crippen LogP contribution in [-0.4, -0.2) is 36.1 Å². The van der Waals surface area contributed by atoms with Crippen molar-refractivity contribution in [2.24, 2.45) is 0 Å². The summed E-state index contributed by atoms with van der Waals surface area (Å²) in [6.45, 7) is 5.65. The van der Waals surface area contributed by atoms with E-state index in [2.05, 4.69) is 5.32 Å². The summed E-state index contributed by atoms with van der Waals surface area (Å²) in [5.74, 6) is -1.63. The van der Waals surface area contributed by atoms with Gasteiger partial charge >= 0.3 is 0 Å². The minimum atomic E-state index is -0.455. The predicted octanol–water partition coefficient (Wildman–Crippen LogP) is 4.69. The first-order valence-corrected chi connectivity index (χ1v) is 10.2. The highest BCUT2D eigenvalue weighted by molar-refractivity contribution is 6.15. The van der Waals surface area contributed by atoms with Crippen LogP contribution in [0.3, 0.4) is 0 Å². The maximum Gasteiger partial charge on any atom is 0.254 e. The highest BCUT2D eigenvalue weighted by Gasteiger charge is 2.22. The zero-order valence-corrected chi connectivity index (χ0v) is 18.5. The fraction of sp³-hybridized carbons (Fsp3) is 0.192. The predicted molar refractivity (Wildman–Crippen MR) is 123 cm³/mol. The highest BCUT2D eigenvalue weighted by Crippen LogP contribution is 2.22. The highest BCUT2D eigenvalue weighted by atomic mass is 19.1. The Labute approximate surface area is 186 Å². The Morgan fingerprint density at radius 3 is 2.03 bits per heavy atom. The van der Waals surface area contributed by atoms with E-state index in [1.54, 1.807) is 24.3 Å². The molecule has 5 nitrogen and oxygen atoms in total. The Morgan fingerprint density at radius 1 is 0.875 bits per heavy atom. The van der Waals surface area contributed by atoms with E-state index in [4.69, 9.17) is 0 Å². The van der Waals surface area contributed by atoms with E-state index in [9.17, 15) is 18.8 Å². The molecule has 3 aromatic carbocycles. The summed E-state index contributed by atoms with van der Waals surface area (Å²) in [6.07, 6.45) is 0. The van der Waals surface area contributed by atoms with Crippen molar-refractivity contribution in [3.05, 3.63) is 99.9 Å². The molecule has 32 heavy (non-hydrogen) atoms. The molecule has 3 rings (SSSR count). The third-order valence-electron chi connectivity index (χ3n) is 5.18. The van der Waals surface area contributed by atoms with E-state index in [1.807, 2.05) is 32.9 Å². The maximum atomic E-state index is 13.2. The van der Waals surface area contributed by atoms with Crippen LogP contribution >= 0.6 is 0 Å². The van der Waals surface area contributed by atoms with Gasteiger partial charge < -0.3 is 10.2 Å². The molecule has 1 N–H and O–H groups in total. The lowest BCUT2D eigenvalue weighted by molar-refractivity contribution is -0.116. The van der Waals surface area contributed by atoms with E-state index >= 15 is 0 Å². The van der Waals surface area contributed by atoms with E-state index in [0.29, 0.717) is 0 Å². The van der Waals surface area contributed by atoms with Crippen molar-refractivity contribution >= 4 is 23.3 Å². The minimum Gasteiger partial charge on any atom is -0.332 e. The molecule has 0 aliphatic carbocycles. The average molecular weight is 432 g/mol. The van der Waals surface area contributed by atoms with Gasteiger partial charge in [0.2, 0.25) is 5.91 Å². The Balaban J connectivity index is 1.77. The standard InChI is InChI=1S/C26H25FN2O3/c1-16-13-17(2)24(18(3)14-16)28-23(30)15-29(4)26(32)22-8-6-5-7-21(22)25(31)19-9-11-20(27)12-10-19/h5-14H,15H2,1-4H3,(H,28,30). The Morgan fingerprint density at radius 2 is 1.44 bits per heavy atom. The monoisotopic (exact) mass is 432 g/mol. The van der Waals surface area contributed by atoms with E-state index in [1.165, 1.54) is 36.2 Å². The number of amides is 2. The summed E-state index contributed by atoms with van der Waals surface area (Å²) in [7, 11) is 1.51. The van der Waals surface area contributed by atoms with Crippen LogP contribution in [0.15, 0.2) is 60.7 Å². The lowest BCUT2D eigenvalue weighted by Gasteiger charge is -2.19. The van der Waals surface area contributed by atoms with Gasteiger partial charge in [-0.1, -0.05) is 35.9 Å². The van der Waals surface area contributed by atoms with Gasteiger partial charge in [0.05, 0.1) is 12.1 Å². The maximum absolute atomic E-state index is 13.2. The molecule has 0 spiro atoms. The number of aryl methyl sites for hydroxylation is 3. The summed E-state index contributed by atoms with van der Waals surface area (Å²) in [5.41, 5.74) is 4.37. The number of nitrogens with zero attached hydrogens (tertiary/aromatic N) is 1. The van der Waals surface area contributed by atoms with Crippen molar-refractivity contribution in [3.8, 4) is 0 Å². The molecule has 6 heteroatoms. The second-order valence-corrected chi connectivity index (χ2v) is 7.86. The third-order valence-corrected chi connectivity index (χ3v) is 5.18. The smallest absolute Gasteiger partial charge is 0.254 e. The Bertz CT molecular complexity index is 1160. The van der Waals surface area contributed by atoms with E-state index in [-0.39, 0.29) is 29.1 Å². The summed E-state index contributed by atoms with van der Waals surface area (Å²) in [5, 5.41) is 2.88. The largest absolute Gasteiger partial charge is 0.332 e. The quantitative estimate of drug-likeness (QED) is 0.575. The van der Waals surface area contributed by atoms with Crippen molar-refractivity contribution < 1.29 is 18.8 Å². The van der Waals surface area contributed by atoms with Crippen LogP contribution in [0, 0.1) is 26.6 Å². The van der Waals surface area contributed by atoms with Crippen molar-refractivity contribution in [2.45, 2.75) is 20.8 Å². The van der Waals surface area contributed by atoms with Crippen LogP contribution in [0.1, 0.15) is 43.0 Å². The van der Waals surface area contributed by atoms with E-state index in [0.717, 1.165) is 22.4 Å². The zero-order valence-electron chi connectivity index (χ0n) is 18.5. The van der Waals surface area contributed by atoms with Gasteiger partial charge in [-0.25, -0.2) is 4.39 Å². The molecule has 0 radical (unpaired) electrons. The number of hydrogen-bond acceptors (Lipinski definition) is 3. The Kier molecular flexibility index (Phi) is 6.83.